The Hall–Kier alpha value is -2.97. The van der Waals surface area contributed by atoms with Gasteiger partial charge in [0.25, 0.3) is 5.91 Å². The summed E-state index contributed by atoms with van der Waals surface area (Å²) in [6, 6.07) is 2.29. The van der Waals surface area contributed by atoms with Gasteiger partial charge in [0.1, 0.15) is 6.04 Å². The maximum atomic E-state index is 12.8. The highest BCUT2D eigenvalue weighted by Crippen LogP contribution is 2.38. The molecule has 1 N–H and O–H groups in total. The minimum absolute atomic E-state index is 0.0571. The van der Waals surface area contributed by atoms with Crippen molar-refractivity contribution in [2.45, 2.75) is 57.2 Å². The zero-order chi connectivity index (χ0) is 22.5. The van der Waals surface area contributed by atoms with Gasteiger partial charge in [0.15, 0.2) is 11.5 Å². The van der Waals surface area contributed by atoms with Crippen molar-refractivity contribution in [3.05, 3.63) is 17.7 Å². The predicted molar refractivity (Wildman–Crippen MR) is 113 cm³/mol. The number of rotatable bonds is 8. The van der Waals surface area contributed by atoms with Gasteiger partial charge in [-0.15, -0.1) is 0 Å². The third-order valence-corrected chi connectivity index (χ3v) is 5.94. The fourth-order valence-corrected chi connectivity index (χ4v) is 4.29. The van der Waals surface area contributed by atoms with Gasteiger partial charge in [-0.2, -0.15) is 0 Å². The van der Waals surface area contributed by atoms with E-state index in [1.807, 2.05) is 0 Å². The second kappa shape index (κ2) is 9.89. The highest BCUT2D eigenvalue weighted by Gasteiger charge is 2.43. The summed E-state index contributed by atoms with van der Waals surface area (Å²) < 4.78 is 16.0. The lowest BCUT2D eigenvalue weighted by Gasteiger charge is -2.28. The van der Waals surface area contributed by atoms with Crippen molar-refractivity contribution in [1.29, 1.82) is 0 Å². The number of hydrogen-bond acceptors (Lipinski definition) is 6. The molecule has 1 saturated carbocycles. The number of benzene rings is 1. The van der Waals surface area contributed by atoms with Gasteiger partial charge in [-0.05, 0) is 30.5 Å². The first-order chi connectivity index (χ1) is 14.9. The van der Waals surface area contributed by atoms with Gasteiger partial charge < -0.3 is 24.4 Å². The van der Waals surface area contributed by atoms with Crippen LogP contribution >= 0.6 is 0 Å². The summed E-state index contributed by atoms with van der Waals surface area (Å²) in [6.45, 7) is 0.288. The summed E-state index contributed by atoms with van der Waals surface area (Å²) in [4.78, 5) is 40.8. The Bertz CT molecular complexity index is 812. The average molecular weight is 434 g/mol. The molecule has 1 saturated heterocycles. The summed E-state index contributed by atoms with van der Waals surface area (Å²) in [6.07, 6.45) is 4.76. The fraction of sp³-hybridized carbons (Fsp3) is 0.591. The summed E-state index contributed by atoms with van der Waals surface area (Å²) in [5.41, 5.74) is 0.788. The topological polar surface area (TPSA) is 97.4 Å². The minimum atomic E-state index is -0.815. The van der Waals surface area contributed by atoms with Crippen LogP contribution in [0.2, 0.25) is 0 Å². The van der Waals surface area contributed by atoms with Crippen LogP contribution in [0.1, 0.15) is 44.1 Å². The SMILES string of the molecule is COc1cc(CN(C)C(=O)CC2NC(=O)N(C3CCCCC3)C2=O)cc(OC)c1OC. The van der Waals surface area contributed by atoms with Gasteiger partial charge in [0, 0.05) is 19.6 Å². The molecule has 31 heavy (non-hydrogen) atoms. The molecule has 1 aliphatic carbocycles. The summed E-state index contributed by atoms with van der Waals surface area (Å²) >= 11 is 0. The van der Waals surface area contributed by atoms with Gasteiger partial charge in [-0.25, -0.2) is 4.79 Å². The van der Waals surface area contributed by atoms with Gasteiger partial charge in [0.2, 0.25) is 11.7 Å². The molecule has 3 rings (SSSR count). The maximum absolute atomic E-state index is 12.8. The van der Waals surface area contributed by atoms with E-state index in [-0.39, 0.29) is 36.9 Å². The standard InChI is InChI=1S/C22H31N3O6/c1-24(13-14-10-17(29-2)20(31-4)18(11-14)30-3)19(26)12-16-21(27)25(22(28)23-16)15-8-6-5-7-9-15/h10-11,15-16H,5-9,12-13H2,1-4H3,(H,23,28). The second-order valence-electron chi connectivity index (χ2n) is 7.99. The van der Waals surface area contributed by atoms with Crippen LogP contribution in [0.5, 0.6) is 17.2 Å². The number of amides is 4. The number of carbonyl (C=O) groups excluding carboxylic acids is 3. The predicted octanol–water partition coefficient (Wildman–Crippen LogP) is 2.31. The van der Waals surface area contributed by atoms with E-state index >= 15 is 0 Å². The zero-order valence-electron chi connectivity index (χ0n) is 18.6. The summed E-state index contributed by atoms with van der Waals surface area (Å²) in [7, 11) is 6.25. The molecule has 0 spiro atoms. The third-order valence-electron chi connectivity index (χ3n) is 5.94. The number of urea groups is 1. The molecule has 170 valence electrons. The zero-order valence-corrected chi connectivity index (χ0v) is 18.6. The fourth-order valence-electron chi connectivity index (χ4n) is 4.29. The molecule has 0 aromatic heterocycles. The Balaban J connectivity index is 1.64. The number of methoxy groups -OCH3 is 3. The van der Waals surface area contributed by atoms with E-state index in [1.54, 1.807) is 19.2 Å². The molecule has 1 aromatic rings. The van der Waals surface area contributed by atoms with Crippen LogP contribution in [0.3, 0.4) is 0 Å². The Labute approximate surface area is 182 Å². The molecular weight excluding hydrogens is 402 g/mol. The Kier molecular flexibility index (Phi) is 7.25. The monoisotopic (exact) mass is 433 g/mol. The van der Waals surface area contributed by atoms with E-state index in [0.717, 1.165) is 37.7 Å². The molecule has 1 atom stereocenters. The molecule has 1 unspecified atom stereocenters. The second-order valence-corrected chi connectivity index (χ2v) is 7.99. The Morgan fingerprint density at radius 1 is 1.06 bits per heavy atom. The molecule has 0 radical (unpaired) electrons. The largest absolute Gasteiger partial charge is 0.493 e. The molecule has 1 aromatic carbocycles. The first-order valence-electron chi connectivity index (χ1n) is 10.6. The smallest absolute Gasteiger partial charge is 0.325 e. The Morgan fingerprint density at radius 3 is 2.23 bits per heavy atom. The molecule has 0 bridgehead atoms. The maximum Gasteiger partial charge on any atom is 0.325 e. The van der Waals surface area contributed by atoms with Gasteiger partial charge >= 0.3 is 6.03 Å². The van der Waals surface area contributed by atoms with E-state index in [0.29, 0.717) is 17.2 Å². The van der Waals surface area contributed by atoms with Crippen molar-refractivity contribution in [2.75, 3.05) is 28.4 Å². The van der Waals surface area contributed by atoms with Crippen molar-refractivity contribution in [3.8, 4) is 17.2 Å². The van der Waals surface area contributed by atoms with Crippen molar-refractivity contribution in [3.63, 3.8) is 0 Å². The lowest BCUT2D eigenvalue weighted by Crippen LogP contribution is -2.42. The number of ether oxygens (including phenoxy) is 3. The molecule has 2 aliphatic rings. The number of nitrogens with zero attached hydrogens (tertiary/aromatic N) is 2. The first-order valence-corrected chi connectivity index (χ1v) is 10.6. The molecule has 9 nitrogen and oxygen atoms in total. The van der Waals surface area contributed by atoms with Gasteiger partial charge in [0.05, 0.1) is 27.8 Å². The van der Waals surface area contributed by atoms with Crippen LogP contribution < -0.4 is 19.5 Å². The molecule has 1 aliphatic heterocycles. The van der Waals surface area contributed by atoms with Crippen LogP contribution in [-0.2, 0) is 16.1 Å². The highest BCUT2D eigenvalue weighted by atomic mass is 16.5. The molecule has 1 heterocycles. The van der Waals surface area contributed by atoms with Gasteiger partial charge in [-0.1, -0.05) is 19.3 Å². The minimum Gasteiger partial charge on any atom is -0.493 e. The lowest BCUT2D eigenvalue weighted by molar-refractivity contribution is -0.136. The van der Waals surface area contributed by atoms with Crippen LogP contribution in [0.15, 0.2) is 12.1 Å². The van der Waals surface area contributed by atoms with Crippen LogP contribution in [-0.4, -0.2) is 68.1 Å². The normalized spacial score (nSPS) is 19.2. The molecule has 9 heteroatoms. The summed E-state index contributed by atoms with van der Waals surface area (Å²) in [5.74, 6) is 0.937. The van der Waals surface area contributed by atoms with Crippen LogP contribution in [0.25, 0.3) is 0 Å². The lowest BCUT2D eigenvalue weighted by atomic mass is 9.94. The molecule has 4 amide bonds. The van der Waals surface area contributed by atoms with Crippen LogP contribution in [0.4, 0.5) is 4.79 Å². The Morgan fingerprint density at radius 2 is 1.68 bits per heavy atom. The third kappa shape index (κ3) is 4.86. The van der Waals surface area contributed by atoms with Crippen molar-refractivity contribution in [1.82, 2.24) is 15.1 Å². The van der Waals surface area contributed by atoms with Crippen molar-refractivity contribution >= 4 is 17.8 Å². The van der Waals surface area contributed by atoms with Crippen molar-refractivity contribution in [2.24, 2.45) is 0 Å². The van der Waals surface area contributed by atoms with Crippen LogP contribution in [0, 0.1) is 0 Å². The first kappa shape index (κ1) is 22.7. The molecule has 2 fully saturated rings. The van der Waals surface area contributed by atoms with E-state index in [9.17, 15) is 14.4 Å². The van der Waals surface area contributed by atoms with Crippen molar-refractivity contribution < 1.29 is 28.6 Å². The highest BCUT2D eigenvalue weighted by molar-refractivity contribution is 6.06. The van der Waals surface area contributed by atoms with Gasteiger partial charge in [-0.3, -0.25) is 14.5 Å². The van der Waals surface area contributed by atoms with E-state index < -0.39 is 6.04 Å². The quantitative estimate of drug-likeness (QED) is 0.632. The van der Waals surface area contributed by atoms with E-state index in [1.165, 1.54) is 31.1 Å². The number of carbonyl (C=O) groups is 3. The number of nitrogens with one attached hydrogen (secondary N) is 1. The van der Waals surface area contributed by atoms with E-state index in [4.69, 9.17) is 14.2 Å². The number of imide groups is 1. The van der Waals surface area contributed by atoms with E-state index in [2.05, 4.69) is 5.32 Å². The molecular formula is C22H31N3O6. The average Bonchev–Trinajstić information content (AvgIpc) is 3.05. The summed E-state index contributed by atoms with van der Waals surface area (Å²) in [5, 5.41) is 2.69. The number of hydrogen-bond donors (Lipinski definition) is 1.